The number of nitrogens with one attached hydrogen (secondary N) is 4. The lowest BCUT2D eigenvalue weighted by Gasteiger charge is -2.38. The number of piperidine rings is 1. The van der Waals surface area contributed by atoms with Crippen LogP contribution in [-0.2, 0) is 59.1 Å². The Balaban J connectivity index is 2.28. The van der Waals surface area contributed by atoms with Crippen molar-refractivity contribution >= 4 is 59.1 Å². The van der Waals surface area contributed by atoms with Crippen LogP contribution in [0.5, 0.6) is 0 Å². The molecular formula is C54H88N10O12. The molecule has 0 radical (unpaired) electrons. The minimum atomic E-state index is -1.90. The smallest absolute Gasteiger partial charge is 0.254 e. The molecule has 2 aliphatic heterocycles. The van der Waals surface area contributed by atoms with E-state index in [1.165, 1.54) is 77.6 Å². The minimum Gasteiger partial charge on any atom is -0.391 e. The van der Waals surface area contributed by atoms with Gasteiger partial charge in [0.2, 0.25) is 47.3 Å². The number of aliphatic hydroxyl groups is 1. The second-order valence-corrected chi connectivity index (χ2v) is 22.4. The van der Waals surface area contributed by atoms with Gasteiger partial charge in [-0.1, -0.05) is 58.0 Å². The lowest BCUT2D eigenvalue weighted by atomic mass is 9.98. The standard InChI is InChI=1S/C54H88N10O12/c1-31(2)27-39-45(67)56-38(30-76-54(9,10)11)44(66)58-43(53(75)64-25-21-18-22-26-64)47(69)55-33(5)48(70)59(12)34(6)50(72)63(16)41(29-37-23-19-17-20-24-37)51(73)62(15)40(28-32(3)4)46(68)57-42(36(8)65)52(74)60(13)35(7)49(71)61(39)14/h17,19-20,23-24,31-36,38-43,65H,18,21-22,25-30H2,1-16H3,(H,55,69)(H,56,67)(H,57,68)(H,58,66)/t33?,34-,35-,36+,38-,39-,40-,41-,42-,43-/m0/s1. The first-order valence-corrected chi connectivity index (χ1v) is 26.5. The third-order valence-electron chi connectivity index (χ3n) is 14.1. The molecule has 22 heteroatoms. The zero-order chi connectivity index (χ0) is 57.7. The summed E-state index contributed by atoms with van der Waals surface area (Å²) in [5.41, 5.74) is -0.177. The van der Waals surface area contributed by atoms with Gasteiger partial charge in [-0.2, -0.15) is 0 Å². The summed E-state index contributed by atoms with van der Waals surface area (Å²) in [5, 5.41) is 21.5. The van der Waals surface area contributed by atoms with Crippen LogP contribution in [0.4, 0.5) is 0 Å². The summed E-state index contributed by atoms with van der Waals surface area (Å²) >= 11 is 0. The molecule has 1 unspecified atom stereocenters. The number of aliphatic hydroxyl groups excluding tert-OH is 1. The van der Waals surface area contributed by atoms with Crippen LogP contribution in [0, 0.1) is 11.8 Å². The van der Waals surface area contributed by atoms with Gasteiger partial charge in [0, 0.05) is 54.7 Å². The molecule has 426 valence electrons. The van der Waals surface area contributed by atoms with E-state index in [1.807, 2.05) is 27.7 Å². The molecule has 2 heterocycles. The molecule has 0 bridgehead atoms. The molecular weight excluding hydrogens is 981 g/mol. The van der Waals surface area contributed by atoms with E-state index in [-0.39, 0.29) is 31.1 Å². The van der Waals surface area contributed by atoms with Crippen molar-refractivity contribution < 1.29 is 57.8 Å². The summed E-state index contributed by atoms with van der Waals surface area (Å²) in [6.45, 7) is 18.1. The second-order valence-electron chi connectivity index (χ2n) is 22.4. The van der Waals surface area contributed by atoms with E-state index in [0.29, 0.717) is 31.5 Å². The Labute approximate surface area is 449 Å². The number of benzene rings is 1. The van der Waals surface area contributed by atoms with Crippen molar-refractivity contribution in [2.45, 2.75) is 181 Å². The van der Waals surface area contributed by atoms with Gasteiger partial charge in [-0.3, -0.25) is 47.9 Å². The summed E-state index contributed by atoms with van der Waals surface area (Å²) in [6.07, 6.45) is 0.762. The summed E-state index contributed by atoms with van der Waals surface area (Å²) in [4.78, 5) is 152. The van der Waals surface area contributed by atoms with Gasteiger partial charge in [0.15, 0.2) is 6.04 Å². The van der Waals surface area contributed by atoms with Gasteiger partial charge in [0.1, 0.15) is 48.3 Å². The molecule has 76 heavy (non-hydrogen) atoms. The molecule has 1 aromatic carbocycles. The van der Waals surface area contributed by atoms with E-state index >= 15 is 0 Å². The largest absolute Gasteiger partial charge is 0.391 e. The highest BCUT2D eigenvalue weighted by molar-refractivity contribution is 6.09. The molecule has 2 fully saturated rings. The van der Waals surface area contributed by atoms with Gasteiger partial charge in [0.25, 0.3) is 11.8 Å². The van der Waals surface area contributed by atoms with Crippen molar-refractivity contribution in [3.8, 4) is 0 Å². The van der Waals surface area contributed by atoms with Crippen LogP contribution in [0.25, 0.3) is 0 Å². The zero-order valence-corrected chi connectivity index (χ0v) is 47.8. The van der Waals surface area contributed by atoms with Crippen LogP contribution in [0.1, 0.15) is 114 Å². The average Bonchev–Trinajstić information content (AvgIpc) is 3.37. The van der Waals surface area contributed by atoms with E-state index in [0.717, 1.165) is 21.1 Å². The van der Waals surface area contributed by atoms with Gasteiger partial charge in [0.05, 0.1) is 18.3 Å². The molecule has 5 N–H and O–H groups in total. The molecule has 3 rings (SSSR count). The Kier molecular flexibility index (Phi) is 23.9. The summed E-state index contributed by atoms with van der Waals surface area (Å²) < 4.78 is 5.99. The van der Waals surface area contributed by atoms with Crippen molar-refractivity contribution in [2.75, 3.05) is 54.9 Å². The van der Waals surface area contributed by atoms with Crippen molar-refractivity contribution in [1.82, 2.24) is 50.7 Å². The van der Waals surface area contributed by atoms with Gasteiger partial charge in [-0.25, -0.2) is 0 Å². The van der Waals surface area contributed by atoms with E-state index < -0.39 is 132 Å². The Hall–Kier alpha value is -6.16. The fourth-order valence-electron chi connectivity index (χ4n) is 9.09. The number of hydrogen-bond donors (Lipinski definition) is 5. The lowest BCUT2D eigenvalue weighted by molar-refractivity contribution is -0.153. The molecule has 1 aromatic rings. The Bertz CT molecular complexity index is 2210. The SMILES string of the molecule is CC(C)C[C@H]1C(=O)N[C@@H](COC(C)(C)C)C(=O)N[C@H](C(=O)N2CCCCC2)C(=O)NC(C)C(=O)N(C)[C@@H](C)C(=O)N(C)[C@@H](Cc2ccccc2)C(=O)N(C)[C@@H](CC(C)C)C(=O)N[C@@H]([C@@H](C)O)C(=O)N(C)[C@@H](C)C(=O)N1C. The monoisotopic (exact) mass is 1070 g/mol. The third kappa shape index (κ3) is 17.4. The summed E-state index contributed by atoms with van der Waals surface area (Å²) in [6, 6.07) is -3.85. The number of likely N-dealkylation sites (N-methyl/N-ethyl adjacent to an activating group) is 5. The third-order valence-corrected chi connectivity index (χ3v) is 14.1. The molecule has 0 aromatic heterocycles. The van der Waals surface area contributed by atoms with Crippen molar-refractivity contribution in [3.05, 3.63) is 35.9 Å². The Morgan fingerprint density at radius 2 is 1.07 bits per heavy atom. The predicted octanol–water partition coefficient (Wildman–Crippen LogP) is 0.677. The first-order chi connectivity index (χ1) is 35.3. The fraction of sp³-hybridized carbons (Fsp3) is 0.704. The summed E-state index contributed by atoms with van der Waals surface area (Å²) in [7, 11) is 6.83. The number of amides is 10. The molecule has 0 spiro atoms. The maximum atomic E-state index is 14.9. The lowest BCUT2D eigenvalue weighted by Crippen LogP contribution is -2.63. The van der Waals surface area contributed by atoms with Gasteiger partial charge in [-0.15, -0.1) is 0 Å². The number of hydrogen-bond acceptors (Lipinski definition) is 12. The summed E-state index contributed by atoms with van der Waals surface area (Å²) in [5.74, 6) is -8.42. The maximum absolute atomic E-state index is 14.9. The number of carbonyl (C=O) groups is 10. The van der Waals surface area contributed by atoms with Crippen LogP contribution in [-0.4, -0.2) is 215 Å². The van der Waals surface area contributed by atoms with Crippen molar-refractivity contribution in [1.29, 1.82) is 0 Å². The normalized spacial score (nSPS) is 27.1. The second kappa shape index (κ2) is 28.3. The van der Waals surface area contributed by atoms with Crippen LogP contribution < -0.4 is 21.3 Å². The number of ether oxygens (including phenoxy) is 1. The highest BCUT2D eigenvalue weighted by Gasteiger charge is 2.43. The number of nitrogens with zero attached hydrogens (tertiary/aromatic N) is 6. The fourth-order valence-corrected chi connectivity index (χ4v) is 9.09. The van der Waals surface area contributed by atoms with Gasteiger partial charge in [-0.05, 0) is 98.0 Å². The van der Waals surface area contributed by atoms with Gasteiger partial charge >= 0.3 is 0 Å². The Morgan fingerprint density at radius 3 is 1.55 bits per heavy atom. The quantitative estimate of drug-likeness (QED) is 0.203. The maximum Gasteiger partial charge on any atom is 0.254 e. The Morgan fingerprint density at radius 1 is 0.592 bits per heavy atom. The molecule has 2 aliphatic rings. The van der Waals surface area contributed by atoms with E-state index in [9.17, 15) is 53.1 Å². The number of rotatable bonds is 10. The highest BCUT2D eigenvalue weighted by atomic mass is 16.5. The van der Waals surface area contributed by atoms with E-state index in [1.54, 1.807) is 51.1 Å². The highest BCUT2D eigenvalue weighted by Crippen LogP contribution is 2.21. The zero-order valence-electron chi connectivity index (χ0n) is 47.8. The van der Waals surface area contributed by atoms with Crippen LogP contribution in [0.2, 0.25) is 0 Å². The predicted molar refractivity (Wildman–Crippen MR) is 284 cm³/mol. The topological polar surface area (TPSA) is 268 Å². The average molecular weight is 1070 g/mol. The van der Waals surface area contributed by atoms with Crippen LogP contribution >= 0.6 is 0 Å². The van der Waals surface area contributed by atoms with Crippen LogP contribution in [0.15, 0.2) is 30.3 Å². The van der Waals surface area contributed by atoms with E-state index in [4.69, 9.17) is 4.74 Å². The first-order valence-electron chi connectivity index (χ1n) is 26.5. The van der Waals surface area contributed by atoms with Gasteiger partial charge < -0.3 is 60.5 Å². The molecule has 0 aliphatic carbocycles. The van der Waals surface area contributed by atoms with Crippen molar-refractivity contribution in [2.24, 2.45) is 11.8 Å². The first kappa shape index (κ1) is 64.1. The van der Waals surface area contributed by atoms with Crippen LogP contribution in [0.3, 0.4) is 0 Å². The molecule has 22 nitrogen and oxygen atoms in total. The molecule has 0 saturated carbocycles. The molecule has 2 saturated heterocycles. The minimum absolute atomic E-state index is 0.0143. The number of carbonyl (C=O) groups excluding carboxylic acids is 10. The number of likely N-dealkylation sites (tertiary alicyclic amines) is 1. The molecule has 10 atom stereocenters. The molecule has 10 amide bonds. The van der Waals surface area contributed by atoms with Crippen molar-refractivity contribution in [3.63, 3.8) is 0 Å². The van der Waals surface area contributed by atoms with E-state index in [2.05, 4.69) is 21.3 Å².